The number of para-hydroxylation sites is 1. The molecule has 2 aromatic heterocycles. The Morgan fingerprint density at radius 2 is 1.79 bits per heavy atom. The molecule has 0 atom stereocenters. The Bertz CT molecular complexity index is 979. The highest BCUT2D eigenvalue weighted by Crippen LogP contribution is 2.23. The SMILES string of the molecule is CCOC(=O)c1c(C[NH+]2CC[NH+](Cc3cccs3)CC2)nc2ccccc2c1C. The van der Waals surface area contributed by atoms with E-state index in [4.69, 9.17) is 9.72 Å². The topological polar surface area (TPSA) is 48.1 Å². The van der Waals surface area contributed by atoms with Crippen LogP contribution in [0.5, 0.6) is 0 Å². The Kier molecular flexibility index (Phi) is 6.23. The molecule has 29 heavy (non-hydrogen) atoms. The average molecular weight is 412 g/mol. The van der Waals surface area contributed by atoms with Crippen LogP contribution >= 0.6 is 11.3 Å². The number of aromatic nitrogens is 1. The van der Waals surface area contributed by atoms with Gasteiger partial charge < -0.3 is 14.5 Å². The van der Waals surface area contributed by atoms with Crippen LogP contribution in [0.15, 0.2) is 41.8 Å². The monoisotopic (exact) mass is 411 g/mol. The van der Waals surface area contributed by atoms with Crippen molar-refractivity contribution in [3.8, 4) is 0 Å². The maximum absolute atomic E-state index is 12.7. The van der Waals surface area contributed by atoms with Crippen molar-refractivity contribution in [2.45, 2.75) is 26.9 Å². The Hall–Kier alpha value is -2.28. The molecule has 0 aliphatic carbocycles. The second-order valence-electron chi connectivity index (χ2n) is 7.73. The number of quaternary nitrogens is 2. The predicted molar refractivity (Wildman–Crippen MR) is 116 cm³/mol. The molecular weight excluding hydrogens is 382 g/mol. The summed E-state index contributed by atoms with van der Waals surface area (Å²) in [5.74, 6) is -0.250. The molecule has 1 saturated heterocycles. The number of rotatable bonds is 6. The fraction of sp³-hybridized carbons (Fsp3) is 0.391. The van der Waals surface area contributed by atoms with Gasteiger partial charge in [-0.05, 0) is 36.9 Å². The van der Waals surface area contributed by atoms with Crippen molar-refractivity contribution in [1.82, 2.24) is 4.98 Å². The number of hydrogen-bond donors (Lipinski definition) is 2. The number of fused-ring (bicyclic) bond motifs is 1. The van der Waals surface area contributed by atoms with E-state index in [2.05, 4.69) is 17.5 Å². The minimum absolute atomic E-state index is 0.250. The Labute approximate surface area is 175 Å². The fourth-order valence-corrected chi connectivity index (χ4v) is 5.03. The first-order valence-corrected chi connectivity index (χ1v) is 11.3. The number of piperazine rings is 1. The number of carbonyl (C=O) groups excluding carboxylic acids is 1. The molecule has 0 spiro atoms. The van der Waals surface area contributed by atoms with Crippen molar-refractivity contribution < 1.29 is 19.3 Å². The largest absolute Gasteiger partial charge is 0.462 e. The van der Waals surface area contributed by atoms with Crippen LogP contribution in [0.3, 0.4) is 0 Å². The quantitative estimate of drug-likeness (QED) is 0.601. The maximum atomic E-state index is 12.7. The molecule has 152 valence electrons. The fourth-order valence-electron chi connectivity index (χ4n) is 4.25. The van der Waals surface area contributed by atoms with Crippen LogP contribution in [0, 0.1) is 6.92 Å². The summed E-state index contributed by atoms with van der Waals surface area (Å²) in [6.45, 7) is 10.6. The number of ether oxygens (including phenoxy) is 1. The third-order valence-electron chi connectivity index (χ3n) is 5.79. The van der Waals surface area contributed by atoms with Gasteiger partial charge in [-0.25, -0.2) is 9.78 Å². The highest BCUT2D eigenvalue weighted by Gasteiger charge is 2.27. The zero-order chi connectivity index (χ0) is 20.2. The number of nitrogens with zero attached hydrogens (tertiary/aromatic N) is 1. The molecular formula is C23H29N3O2S+2. The summed E-state index contributed by atoms with van der Waals surface area (Å²) in [6.07, 6.45) is 0. The second kappa shape index (κ2) is 9.03. The lowest BCUT2D eigenvalue weighted by Crippen LogP contribution is -3.27. The normalized spacial score (nSPS) is 19.4. The van der Waals surface area contributed by atoms with E-state index in [1.807, 2.05) is 49.4 Å². The summed E-state index contributed by atoms with van der Waals surface area (Å²) in [5.41, 5.74) is 3.46. The molecule has 4 rings (SSSR count). The summed E-state index contributed by atoms with van der Waals surface area (Å²) in [4.78, 5) is 22.2. The van der Waals surface area contributed by atoms with E-state index >= 15 is 0 Å². The number of carbonyl (C=O) groups is 1. The third-order valence-corrected chi connectivity index (χ3v) is 6.67. The Morgan fingerprint density at radius 1 is 1.07 bits per heavy atom. The van der Waals surface area contributed by atoms with Gasteiger partial charge in [0.25, 0.3) is 0 Å². The number of aryl methyl sites for hydroxylation is 1. The van der Waals surface area contributed by atoms with Gasteiger partial charge >= 0.3 is 5.97 Å². The van der Waals surface area contributed by atoms with Crippen molar-refractivity contribution in [1.29, 1.82) is 0 Å². The third kappa shape index (κ3) is 4.50. The molecule has 0 radical (unpaired) electrons. The lowest BCUT2D eigenvalue weighted by Gasteiger charge is -2.29. The van der Waals surface area contributed by atoms with Crippen LogP contribution in [-0.2, 0) is 17.8 Å². The first kappa shape index (κ1) is 20.0. The van der Waals surface area contributed by atoms with Crippen LogP contribution in [-0.4, -0.2) is 43.7 Å². The highest BCUT2D eigenvalue weighted by molar-refractivity contribution is 7.09. The molecule has 5 nitrogen and oxygen atoms in total. The summed E-state index contributed by atoms with van der Waals surface area (Å²) in [5, 5.41) is 3.18. The first-order valence-electron chi connectivity index (χ1n) is 10.4. The molecule has 0 amide bonds. The van der Waals surface area contributed by atoms with Crippen LogP contribution in [0.4, 0.5) is 0 Å². The van der Waals surface area contributed by atoms with Crippen LogP contribution in [0.25, 0.3) is 10.9 Å². The number of nitrogens with one attached hydrogen (secondary N) is 2. The van der Waals surface area contributed by atoms with Crippen molar-refractivity contribution in [2.24, 2.45) is 0 Å². The second-order valence-corrected chi connectivity index (χ2v) is 8.76. The van der Waals surface area contributed by atoms with Gasteiger partial charge in [-0.2, -0.15) is 0 Å². The van der Waals surface area contributed by atoms with Gasteiger partial charge in [0, 0.05) is 5.39 Å². The van der Waals surface area contributed by atoms with E-state index in [1.54, 1.807) is 4.90 Å². The lowest BCUT2D eigenvalue weighted by atomic mass is 10.0. The Morgan fingerprint density at radius 3 is 2.48 bits per heavy atom. The van der Waals surface area contributed by atoms with Gasteiger partial charge in [-0.3, -0.25) is 0 Å². The predicted octanol–water partition coefficient (Wildman–Crippen LogP) is 1.27. The molecule has 1 aliphatic heterocycles. The van der Waals surface area contributed by atoms with Crippen molar-refractivity contribution in [2.75, 3.05) is 32.8 Å². The summed E-state index contributed by atoms with van der Waals surface area (Å²) in [7, 11) is 0. The lowest BCUT2D eigenvalue weighted by molar-refractivity contribution is -1.02. The van der Waals surface area contributed by atoms with Gasteiger partial charge in [0.2, 0.25) is 0 Å². The molecule has 1 aliphatic rings. The molecule has 0 saturated carbocycles. The van der Waals surface area contributed by atoms with Crippen molar-refractivity contribution in [3.05, 3.63) is 63.5 Å². The summed E-state index contributed by atoms with van der Waals surface area (Å²) in [6, 6.07) is 12.4. The zero-order valence-corrected chi connectivity index (χ0v) is 18.0. The molecule has 1 aromatic carbocycles. The van der Waals surface area contributed by atoms with Gasteiger partial charge in [0.05, 0.1) is 22.6 Å². The van der Waals surface area contributed by atoms with E-state index in [-0.39, 0.29) is 5.97 Å². The molecule has 3 aromatic rings. The van der Waals surface area contributed by atoms with E-state index < -0.39 is 0 Å². The number of thiophene rings is 1. The number of hydrogen-bond acceptors (Lipinski definition) is 4. The average Bonchev–Trinajstić information content (AvgIpc) is 3.23. The van der Waals surface area contributed by atoms with Gasteiger partial charge in [0.1, 0.15) is 45.0 Å². The molecule has 0 unspecified atom stereocenters. The number of pyridine rings is 1. The van der Waals surface area contributed by atoms with E-state index in [0.717, 1.165) is 61.4 Å². The molecule has 0 bridgehead atoms. The summed E-state index contributed by atoms with van der Waals surface area (Å²) >= 11 is 1.84. The molecule has 2 N–H and O–H groups in total. The highest BCUT2D eigenvalue weighted by atomic mass is 32.1. The molecule has 6 heteroatoms. The van der Waals surface area contributed by atoms with E-state index in [9.17, 15) is 4.79 Å². The molecule has 1 fully saturated rings. The smallest absolute Gasteiger partial charge is 0.340 e. The maximum Gasteiger partial charge on any atom is 0.340 e. The summed E-state index contributed by atoms with van der Waals surface area (Å²) < 4.78 is 5.37. The van der Waals surface area contributed by atoms with Gasteiger partial charge in [-0.15, -0.1) is 11.3 Å². The van der Waals surface area contributed by atoms with Crippen molar-refractivity contribution in [3.63, 3.8) is 0 Å². The first-order chi connectivity index (χ1) is 14.2. The van der Waals surface area contributed by atoms with Gasteiger partial charge in [-0.1, -0.05) is 24.3 Å². The Balaban J connectivity index is 1.52. The zero-order valence-electron chi connectivity index (χ0n) is 17.2. The van der Waals surface area contributed by atoms with E-state index in [1.165, 1.54) is 9.78 Å². The number of benzene rings is 1. The minimum atomic E-state index is -0.250. The van der Waals surface area contributed by atoms with Crippen LogP contribution < -0.4 is 9.80 Å². The van der Waals surface area contributed by atoms with E-state index in [0.29, 0.717) is 12.2 Å². The van der Waals surface area contributed by atoms with Crippen molar-refractivity contribution >= 4 is 28.2 Å². The van der Waals surface area contributed by atoms with Gasteiger partial charge in [0.15, 0.2) is 0 Å². The van der Waals surface area contributed by atoms with Crippen LogP contribution in [0.2, 0.25) is 0 Å². The van der Waals surface area contributed by atoms with Crippen LogP contribution in [0.1, 0.15) is 33.4 Å². The minimum Gasteiger partial charge on any atom is -0.462 e. The molecule has 3 heterocycles. The number of esters is 1. The standard InChI is InChI=1S/C23H27N3O2S/c1-3-28-23(27)22-17(2)19-8-4-5-9-20(19)24-21(22)16-26-12-10-25(11-13-26)15-18-7-6-14-29-18/h4-9,14H,3,10-13,15-16H2,1-2H3/p+2.